The molecule has 0 aliphatic carbocycles. The summed E-state index contributed by atoms with van der Waals surface area (Å²) in [6.07, 6.45) is 1.15. The van der Waals surface area contributed by atoms with Crippen molar-refractivity contribution in [1.29, 1.82) is 0 Å². The van der Waals surface area contributed by atoms with Crippen LogP contribution in [0.5, 0.6) is 0 Å². The van der Waals surface area contributed by atoms with E-state index in [0.717, 1.165) is 50.7 Å². The Hall–Kier alpha value is -0.840. The first-order valence-corrected chi connectivity index (χ1v) is 8.15. The lowest BCUT2D eigenvalue weighted by Gasteiger charge is -2.29. The van der Waals surface area contributed by atoms with Gasteiger partial charge in [0.1, 0.15) is 11.5 Å². The van der Waals surface area contributed by atoms with Gasteiger partial charge in [0.2, 0.25) is 0 Å². The van der Waals surface area contributed by atoms with Crippen molar-refractivity contribution in [3.05, 3.63) is 23.2 Å². The van der Waals surface area contributed by atoms with Crippen LogP contribution in [0.3, 0.4) is 0 Å². The first-order chi connectivity index (χ1) is 9.97. The minimum Gasteiger partial charge on any atom is -0.465 e. The lowest BCUT2D eigenvalue weighted by Crippen LogP contribution is -2.39. The lowest BCUT2D eigenvalue weighted by atomic mass is 10.2. The molecule has 0 fully saturated rings. The van der Waals surface area contributed by atoms with E-state index in [9.17, 15) is 0 Å². The zero-order chi connectivity index (χ0) is 15.8. The standard InChI is InChI=1S/C17H33N3O/c1-7-9-18-11-17-10-16(15(4)21-17)13-20(8-2)14(3)12-19(5)6/h10,14,18H,7-9,11-13H2,1-6H3. The summed E-state index contributed by atoms with van der Waals surface area (Å²) in [4.78, 5) is 4.75. The summed E-state index contributed by atoms with van der Waals surface area (Å²) in [6, 6.07) is 2.75. The van der Waals surface area contributed by atoms with Crippen LogP contribution in [-0.4, -0.2) is 49.6 Å². The minimum atomic E-state index is 0.543. The number of likely N-dealkylation sites (N-methyl/N-ethyl adjacent to an activating group) is 2. The van der Waals surface area contributed by atoms with Gasteiger partial charge in [0, 0.05) is 24.7 Å². The van der Waals surface area contributed by atoms with Crippen LogP contribution < -0.4 is 5.32 Å². The van der Waals surface area contributed by atoms with Gasteiger partial charge in [-0.2, -0.15) is 0 Å². The van der Waals surface area contributed by atoms with Gasteiger partial charge in [-0.25, -0.2) is 0 Å². The van der Waals surface area contributed by atoms with Crippen LogP contribution in [-0.2, 0) is 13.1 Å². The molecule has 1 aromatic heterocycles. The van der Waals surface area contributed by atoms with Gasteiger partial charge in [-0.05, 0) is 53.5 Å². The maximum atomic E-state index is 5.87. The van der Waals surface area contributed by atoms with Crippen molar-refractivity contribution in [2.45, 2.75) is 53.2 Å². The third kappa shape index (κ3) is 6.20. The molecule has 0 bridgehead atoms. The quantitative estimate of drug-likeness (QED) is 0.673. The van der Waals surface area contributed by atoms with E-state index in [-0.39, 0.29) is 0 Å². The van der Waals surface area contributed by atoms with Gasteiger partial charge in [0.25, 0.3) is 0 Å². The second-order valence-corrected chi connectivity index (χ2v) is 6.15. The van der Waals surface area contributed by atoms with E-state index in [4.69, 9.17) is 4.42 Å². The summed E-state index contributed by atoms with van der Waals surface area (Å²) in [5.41, 5.74) is 1.32. The van der Waals surface area contributed by atoms with Gasteiger partial charge in [-0.15, -0.1) is 0 Å². The van der Waals surface area contributed by atoms with Crippen molar-refractivity contribution in [2.75, 3.05) is 33.7 Å². The average Bonchev–Trinajstić information content (AvgIpc) is 2.75. The van der Waals surface area contributed by atoms with Gasteiger partial charge in [0.15, 0.2) is 0 Å². The van der Waals surface area contributed by atoms with Crippen LogP contribution in [0.1, 0.15) is 44.3 Å². The van der Waals surface area contributed by atoms with Crippen LogP contribution in [0, 0.1) is 6.92 Å². The highest BCUT2D eigenvalue weighted by atomic mass is 16.3. The molecular formula is C17H33N3O. The third-order valence-electron chi connectivity index (χ3n) is 3.83. The summed E-state index contributed by atoms with van der Waals surface area (Å²) < 4.78 is 5.87. The molecule has 4 nitrogen and oxygen atoms in total. The molecule has 0 saturated carbocycles. The predicted molar refractivity (Wildman–Crippen MR) is 89.5 cm³/mol. The molecule has 1 rings (SSSR count). The van der Waals surface area contributed by atoms with E-state index in [1.165, 1.54) is 5.56 Å². The molecule has 0 spiro atoms. The van der Waals surface area contributed by atoms with E-state index < -0.39 is 0 Å². The molecule has 0 aliphatic rings. The zero-order valence-corrected chi connectivity index (χ0v) is 14.7. The van der Waals surface area contributed by atoms with E-state index >= 15 is 0 Å². The fourth-order valence-electron chi connectivity index (χ4n) is 2.66. The highest BCUT2D eigenvalue weighted by Crippen LogP contribution is 2.18. The normalized spacial score (nSPS) is 13.3. The number of furan rings is 1. The molecule has 1 aromatic rings. The molecular weight excluding hydrogens is 262 g/mol. The Morgan fingerprint density at radius 3 is 2.57 bits per heavy atom. The van der Waals surface area contributed by atoms with E-state index in [1.807, 2.05) is 0 Å². The van der Waals surface area contributed by atoms with E-state index in [0.29, 0.717) is 6.04 Å². The number of rotatable bonds is 10. The highest BCUT2D eigenvalue weighted by molar-refractivity contribution is 5.20. The zero-order valence-electron chi connectivity index (χ0n) is 14.7. The van der Waals surface area contributed by atoms with Crippen LogP contribution in [0.15, 0.2) is 10.5 Å². The Kier molecular flexibility index (Phi) is 8.01. The minimum absolute atomic E-state index is 0.543. The lowest BCUT2D eigenvalue weighted by molar-refractivity contribution is 0.173. The Balaban J connectivity index is 2.63. The summed E-state index contributed by atoms with van der Waals surface area (Å²) in [7, 11) is 4.26. The van der Waals surface area contributed by atoms with Crippen molar-refractivity contribution >= 4 is 0 Å². The molecule has 1 unspecified atom stereocenters. The van der Waals surface area contributed by atoms with Crippen LogP contribution in [0.2, 0.25) is 0 Å². The Morgan fingerprint density at radius 2 is 2.00 bits per heavy atom. The second-order valence-electron chi connectivity index (χ2n) is 6.15. The number of hydrogen-bond acceptors (Lipinski definition) is 4. The SMILES string of the molecule is CCCNCc1cc(CN(CC)C(C)CN(C)C)c(C)o1. The fraction of sp³-hybridized carbons (Fsp3) is 0.765. The molecule has 1 N–H and O–H groups in total. The summed E-state index contributed by atoms with van der Waals surface area (Å²) in [5, 5.41) is 3.39. The first-order valence-electron chi connectivity index (χ1n) is 8.15. The molecule has 122 valence electrons. The number of nitrogens with one attached hydrogen (secondary N) is 1. The number of hydrogen-bond donors (Lipinski definition) is 1. The van der Waals surface area contributed by atoms with Crippen molar-refractivity contribution in [3.8, 4) is 0 Å². The molecule has 0 aliphatic heterocycles. The van der Waals surface area contributed by atoms with Crippen molar-refractivity contribution in [2.24, 2.45) is 0 Å². The van der Waals surface area contributed by atoms with Gasteiger partial charge in [-0.3, -0.25) is 4.90 Å². The van der Waals surface area contributed by atoms with Crippen molar-refractivity contribution in [1.82, 2.24) is 15.1 Å². The van der Waals surface area contributed by atoms with Gasteiger partial charge < -0.3 is 14.6 Å². The summed E-state index contributed by atoms with van der Waals surface area (Å²) in [5.74, 6) is 2.10. The second kappa shape index (κ2) is 9.23. The fourth-order valence-corrected chi connectivity index (χ4v) is 2.66. The van der Waals surface area contributed by atoms with Gasteiger partial charge in [0.05, 0.1) is 6.54 Å². The largest absolute Gasteiger partial charge is 0.465 e. The van der Waals surface area contributed by atoms with E-state index in [2.05, 4.69) is 63.0 Å². The molecule has 1 atom stereocenters. The average molecular weight is 295 g/mol. The predicted octanol–water partition coefficient (Wildman–Crippen LogP) is 2.86. The summed E-state index contributed by atoms with van der Waals surface area (Å²) in [6.45, 7) is 13.7. The van der Waals surface area contributed by atoms with Crippen molar-refractivity contribution < 1.29 is 4.42 Å². The van der Waals surface area contributed by atoms with Gasteiger partial charge >= 0.3 is 0 Å². The van der Waals surface area contributed by atoms with E-state index in [1.54, 1.807) is 0 Å². The maximum Gasteiger partial charge on any atom is 0.118 e. The van der Waals surface area contributed by atoms with Crippen molar-refractivity contribution in [3.63, 3.8) is 0 Å². The monoisotopic (exact) mass is 295 g/mol. The number of aryl methyl sites for hydroxylation is 1. The third-order valence-corrected chi connectivity index (χ3v) is 3.83. The Bertz CT molecular complexity index is 401. The van der Waals surface area contributed by atoms with Crippen LogP contribution in [0.4, 0.5) is 0 Å². The number of nitrogens with zero attached hydrogens (tertiary/aromatic N) is 2. The smallest absolute Gasteiger partial charge is 0.118 e. The molecule has 21 heavy (non-hydrogen) atoms. The first kappa shape index (κ1) is 18.2. The Labute approximate surface area is 130 Å². The molecule has 0 radical (unpaired) electrons. The molecule has 0 aromatic carbocycles. The molecule has 4 heteroatoms. The molecule has 0 saturated heterocycles. The van der Waals surface area contributed by atoms with Crippen LogP contribution in [0.25, 0.3) is 0 Å². The topological polar surface area (TPSA) is 31.6 Å². The maximum absolute atomic E-state index is 5.87. The summed E-state index contributed by atoms with van der Waals surface area (Å²) >= 11 is 0. The molecule has 0 amide bonds. The molecule has 1 heterocycles. The van der Waals surface area contributed by atoms with Crippen LogP contribution >= 0.6 is 0 Å². The Morgan fingerprint density at radius 1 is 1.29 bits per heavy atom. The highest BCUT2D eigenvalue weighted by Gasteiger charge is 2.16. The van der Waals surface area contributed by atoms with Gasteiger partial charge in [-0.1, -0.05) is 13.8 Å².